The molecule has 0 atom stereocenters. The first-order valence-electron chi connectivity index (χ1n) is 9.84. The number of rotatable bonds is 7. The molecule has 2 aliphatic rings. The average molecular weight is 435 g/mol. The molecule has 3 rings (SSSR count). The summed E-state index contributed by atoms with van der Waals surface area (Å²) in [5.41, 5.74) is 0.802. The van der Waals surface area contributed by atoms with Gasteiger partial charge in [-0.15, -0.1) is 0 Å². The lowest BCUT2D eigenvalue weighted by atomic mass is 10.2. The number of urea groups is 1. The minimum Gasteiger partial charge on any atom is -0.340 e. The highest BCUT2D eigenvalue weighted by atomic mass is 32.2. The Kier molecular flexibility index (Phi) is 6.88. The zero-order valence-electron chi connectivity index (χ0n) is 16.9. The van der Waals surface area contributed by atoms with Gasteiger partial charge < -0.3 is 9.80 Å². The summed E-state index contributed by atoms with van der Waals surface area (Å²) < 4.78 is 26.4. The zero-order valence-corrected chi connectivity index (χ0v) is 17.8. The van der Waals surface area contributed by atoms with E-state index in [2.05, 4.69) is 0 Å². The van der Waals surface area contributed by atoms with Crippen LogP contribution in [-0.2, 0) is 19.6 Å². The van der Waals surface area contributed by atoms with Crippen molar-refractivity contribution in [3.8, 4) is 0 Å². The number of piperazine rings is 1. The van der Waals surface area contributed by atoms with Crippen molar-refractivity contribution in [1.29, 1.82) is 0 Å². The molecule has 4 amide bonds. The summed E-state index contributed by atoms with van der Waals surface area (Å²) in [6.45, 7) is 1.40. The quantitative estimate of drug-likeness (QED) is 0.592. The summed E-state index contributed by atoms with van der Waals surface area (Å²) >= 11 is 0. The molecule has 0 N–H and O–H groups in total. The molecule has 2 fully saturated rings. The lowest BCUT2D eigenvalue weighted by Gasteiger charge is -2.33. The Morgan fingerprint density at radius 2 is 1.73 bits per heavy atom. The van der Waals surface area contributed by atoms with Crippen LogP contribution in [0.1, 0.15) is 18.4 Å². The van der Waals surface area contributed by atoms with Gasteiger partial charge in [0.15, 0.2) is 0 Å². The van der Waals surface area contributed by atoms with E-state index in [1.54, 1.807) is 18.0 Å². The van der Waals surface area contributed by atoms with Gasteiger partial charge >= 0.3 is 6.03 Å². The molecule has 10 heteroatoms. The number of carbonyl (C=O) groups is 3. The zero-order chi connectivity index (χ0) is 21.7. The second-order valence-electron chi connectivity index (χ2n) is 7.33. The minimum absolute atomic E-state index is 0.0714. The highest BCUT2D eigenvalue weighted by Crippen LogP contribution is 2.14. The van der Waals surface area contributed by atoms with E-state index < -0.39 is 10.0 Å². The summed E-state index contributed by atoms with van der Waals surface area (Å²) in [4.78, 5) is 40.1. The maximum atomic E-state index is 12.5. The van der Waals surface area contributed by atoms with Crippen LogP contribution in [0, 0.1) is 0 Å². The van der Waals surface area contributed by atoms with Crippen molar-refractivity contribution < 1.29 is 22.8 Å². The Morgan fingerprint density at radius 3 is 2.33 bits per heavy atom. The Bertz CT molecular complexity index is 924. The van der Waals surface area contributed by atoms with Crippen LogP contribution in [0.4, 0.5) is 4.79 Å². The smallest absolute Gasteiger partial charge is 0.326 e. The Hall–Kier alpha value is -2.72. The van der Waals surface area contributed by atoms with Crippen LogP contribution >= 0.6 is 0 Å². The van der Waals surface area contributed by atoms with Crippen molar-refractivity contribution in [3.63, 3.8) is 0 Å². The lowest BCUT2D eigenvalue weighted by Crippen LogP contribution is -2.50. The highest BCUT2D eigenvalue weighted by Gasteiger charge is 2.33. The Balaban J connectivity index is 1.44. The van der Waals surface area contributed by atoms with Gasteiger partial charge in [-0.05, 0) is 18.1 Å². The SMILES string of the molecule is CN1CC(=O)N(CCCC(=O)N2CCN(S(=O)(=O)/C=C/c3ccccc3)CC2)C1=O. The summed E-state index contributed by atoms with van der Waals surface area (Å²) in [5.74, 6) is -0.350. The number of imide groups is 1. The van der Waals surface area contributed by atoms with Gasteiger partial charge in [0.1, 0.15) is 6.54 Å². The van der Waals surface area contributed by atoms with Crippen molar-refractivity contribution in [1.82, 2.24) is 19.0 Å². The number of nitrogens with zero attached hydrogens (tertiary/aromatic N) is 4. The molecule has 0 aromatic heterocycles. The van der Waals surface area contributed by atoms with Gasteiger partial charge in [0.2, 0.25) is 21.8 Å². The third-order valence-electron chi connectivity index (χ3n) is 5.19. The number of hydrogen-bond acceptors (Lipinski definition) is 5. The molecule has 2 heterocycles. The van der Waals surface area contributed by atoms with Crippen molar-refractivity contribution in [2.45, 2.75) is 12.8 Å². The lowest BCUT2D eigenvalue weighted by molar-refractivity contribution is -0.133. The van der Waals surface area contributed by atoms with Crippen molar-refractivity contribution in [2.24, 2.45) is 0 Å². The molecule has 0 spiro atoms. The second kappa shape index (κ2) is 9.40. The second-order valence-corrected chi connectivity index (χ2v) is 9.14. The molecular weight excluding hydrogens is 408 g/mol. The normalized spacial score (nSPS) is 18.6. The number of sulfonamides is 1. The number of amides is 4. The van der Waals surface area contributed by atoms with Gasteiger partial charge in [0.05, 0.1) is 0 Å². The number of carbonyl (C=O) groups excluding carboxylic acids is 3. The van der Waals surface area contributed by atoms with Gasteiger partial charge in [-0.25, -0.2) is 13.2 Å². The molecule has 0 unspecified atom stereocenters. The molecule has 2 aliphatic heterocycles. The van der Waals surface area contributed by atoms with Crippen molar-refractivity contribution in [2.75, 3.05) is 46.3 Å². The molecule has 1 aromatic rings. The fraction of sp³-hybridized carbons (Fsp3) is 0.450. The summed E-state index contributed by atoms with van der Waals surface area (Å²) in [6.07, 6.45) is 2.16. The van der Waals surface area contributed by atoms with Crippen LogP contribution in [0.5, 0.6) is 0 Å². The maximum absolute atomic E-state index is 12.5. The first-order valence-corrected chi connectivity index (χ1v) is 11.3. The van der Waals surface area contributed by atoms with E-state index in [-0.39, 0.29) is 50.4 Å². The number of likely N-dealkylation sites (N-methyl/N-ethyl adjacent to an activating group) is 1. The van der Waals surface area contributed by atoms with Crippen LogP contribution in [0.2, 0.25) is 0 Å². The highest BCUT2D eigenvalue weighted by molar-refractivity contribution is 7.92. The summed E-state index contributed by atoms with van der Waals surface area (Å²) in [6, 6.07) is 8.85. The van der Waals surface area contributed by atoms with E-state index in [0.29, 0.717) is 19.5 Å². The van der Waals surface area contributed by atoms with Gasteiger partial charge in [-0.1, -0.05) is 30.3 Å². The van der Waals surface area contributed by atoms with Crippen LogP contribution in [0.15, 0.2) is 35.7 Å². The summed E-state index contributed by atoms with van der Waals surface area (Å²) in [7, 11) is -1.98. The number of benzene rings is 1. The monoisotopic (exact) mass is 434 g/mol. The number of hydrogen-bond donors (Lipinski definition) is 0. The van der Waals surface area contributed by atoms with E-state index >= 15 is 0 Å². The van der Waals surface area contributed by atoms with E-state index in [0.717, 1.165) is 10.5 Å². The molecule has 0 aliphatic carbocycles. The topological polar surface area (TPSA) is 98.3 Å². The molecule has 0 saturated carbocycles. The van der Waals surface area contributed by atoms with Crippen LogP contribution in [-0.4, -0.2) is 91.6 Å². The fourth-order valence-corrected chi connectivity index (χ4v) is 4.62. The first kappa shape index (κ1) is 22.0. The summed E-state index contributed by atoms with van der Waals surface area (Å²) in [5, 5.41) is 1.20. The standard InChI is InChI=1S/C20H26N4O5S/c1-21-16-19(26)24(20(21)27)10-5-8-18(25)22-11-13-23(14-12-22)30(28,29)15-9-17-6-3-2-4-7-17/h2-4,6-7,9,15H,5,8,10-14,16H2,1H3/b15-9+. The van der Waals surface area contributed by atoms with Crippen LogP contribution < -0.4 is 0 Å². The predicted molar refractivity (Wildman–Crippen MR) is 112 cm³/mol. The third-order valence-corrected chi connectivity index (χ3v) is 6.75. The first-order chi connectivity index (χ1) is 14.3. The largest absolute Gasteiger partial charge is 0.340 e. The van der Waals surface area contributed by atoms with Crippen molar-refractivity contribution >= 4 is 33.9 Å². The van der Waals surface area contributed by atoms with Crippen molar-refractivity contribution in [3.05, 3.63) is 41.3 Å². The van der Waals surface area contributed by atoms with Gasteiger partial charge in [-0.2, -0.15) is 4.31 Å². The van der Waals surface area contributed by atoms with E-state index in [4.69, 9.17) is 0 Å². The van der Waals surface area contributed by atoms with E-state index in [1.165, 1.54) is 14.6 Å². The van der Waals surface area contributed by atoms with Gasteiger partial charge in [-0.3, -0.25) is 14.5 Å². The molecule has 0 radical (unpaired) electrons. The molecule has 162 valence electrons. The predicted octanol–water partition coefficient (Wildman–Crippen LogP) is 0.806. The molecule has 1 aromatic carbocycles. The fourth-order valence-electron chi connectivity index (χ4n) is 3.44. The molecule has 0 bridgehead atoms. The molecule has 30 heavy (non-hydrogen) atoms. The third kappa shape index (κ3) is 5.25. The molecular formula is C20H26N4O5S. The maximum Gasteiger partial charge on any atom is 0.326 e. The molecule has 9 nitrogen and oxygen atoms in total. The Morgan fingerprint density at radius 1 is 1.07 bits per heavy atom. The van der Waals surface area contributed by atoms with E-state index in [9.17, 15) is 22.8 Å². The van der Waals surface area contributed by atoms with Crippen LogP contribution in [0.3, 0.4) is 0 Å². The van der Waals surface area contributed by atoms with Crippen LogP contribution in [0.25, 0.3) is 6.08 Å². The Labute approximate surface area is 176 Å². The average Bonchev–Trinajstić information content (AvgIpc) is 2.99. The minimum atomic E-state index is -3.55. The van der Waals surface area contributed by atoms with E-state index in [1.807, 2.05) is 30.3 Å². The van der Waals surface area contributed by atoms with Gasteiger partial charge in [0.25, 0.3) is 0 Å². The van der Waals surface area contributed by atoms with Gasteiger partial charge in [0, 0.05) is 51.6 Å². The molecule has 2 saturated heterocycles.